The monoisotopic (exact) mass is 368 g/mol. The van der Waals surface area contributed by atoms with Crippen LogP contribution in [0.1, 0.15) is 46.8 Å². The first-order chi connectivity index (χ1) is 12.5. The first-order valence-electron chi connectivity index (χ1n) is 8.90. The van der Waals surface area contributed by atoms with E-state index in [0.29, 0.717) is 5.13 Å². The van der Waals surface area contributed by atoms with Gasteiger partial charge in [-0.05, 0) is 56.5 Å². The Labute approximate surface area is 158 Å². The number of carbonyl (C=O) groups is 1. The number of carbonyl (C=O) groups excluding carboxylic acids is 1. The molecule has 1 amide bonds. The third-order valence-corrected chi connectivity index (χ3v) is 5.18. The summed E-state index contributed by atoms with van der Waals surface area (Å²) < 4.78 is 6.75. The molecule has 0 unspecified atom stereocenters. The lowest BCUT2D eigenvalue weighted by molar-refractivity contribution is 0.102. The van der Waals surface area contributed by atoms with Crippen molar-refractivity contribution in [1.82, 2.24) is 4.98 Å². The second-order valence-electron chi connectivity index (χ2n) is 6.58. The van der Waals surface area contributed by atoms with Crippen LogP contribution >= 0.6 is 11.3 Å². The molecule has 26 heavy (non-hydrogen) atoms. The van der Waals surface area contributed by atoms with E-state index in [1.54, 1.807) is 0 Å². The minimum Gasteiger partial charge on any atom is -0.494 e. The number of fused-ring (bicyclic) bond motifs is 1. The molecular formula is C21H24N2O2S. The first kappa shape index (κ1) is 18.4. The number of amides is 1. The summed E-state index contributed by atoms with van der Waals surface area (Å²) in [7, 11) is 0. The highest BCUT2D eigenvalue weighted by Gasteiger charge is 2.15. The lowest BCUT2D eigenvalue weighted by Crippen LogP contribution is -2.15. The number of anilines is 1. The van der Waals surface area contributed by atoms with Crippen LogP contribution in [0.25, 0.3) is 10.2 Å². The fourth-order valence-corrected chi connectivity index (χ4v) is 3.97. The van der Waals surface area contributed by atoms with Crippen LogP contribution in [0.15, 0.2) is 30.3 Å². The fourth-order valence-electron chi connectivity index (χ4n) is 3.08. The minimum atomic E-state index is -0.113. The number of thiazole rings is 1. The maximum Gasteiger partial charge on any atom is 0.257 e. The van der Waals surface area contributed by atoms with Gasteiger partial charge in [-0.3, -0.25) is 10.1 Å². The number of hydrogen-bond donors (Lipinski definition) is 1. The van der Waals surface area contributed by atoms with Gasteiger partial charge in [-0.1, -0.05) is 42.4 Å². The Bertz CT molecular complexity index is 923. The Morgan fingerprint density at radius 2 is 1.88 bits per heavy atom. The van der Waals surface area contributed by atoms with Gasteiger partial charge >= 0.3 is 0 Å². The van der Waals surface area contributed by atoms with Gasteiger partial charge in [0.15, 0.2) is 5.13 Å². The number of rotatable bonds is 6. The van der Waals surface area contributed by atoms with E-state index in [1.807, 2.05) is 51.1 Å². The number of aromatic nitrogens is 1. The number of nitrogens with one attached hydrogen (secondary N) is 1. The highest BCUT2D eigenvalue weighted by Crippen LogP contribution is 2.30. The summed E-state index contributed by atoms with van der Waals surface area (Å²) in [6.45, 7) is 8.83. The molecule has 0 atom stereocenters. The van der Waals surface area contributed by atoms with E-state index >= 15 is 0 Å². The summed E-state index contributed by atoms with van der Waals surface area (Å²) in [6.07, 6.45) is 2.15. The fraction of sp³-hybridized carbons (Fsp3) is 0.333. The molecule has 3 rings (SSSR count). The topological polar surface area (TPSA) is 51.2 Å². The van der Waals surface area contributed by atoms with Crippen LogP contribution in [-0.4, -0.2) is 17.5 Å². The van der Waals surface area contributed by atoms with E-state index in [1.165, 1.54) is 11.3 Å². The van der Waals surface area contributed by atoms with Gasteiger partial charge in [-0.2, -0.15) is 0 Å². The molecule has 5 heteroatoms. The van der Waals surface area contributed by atoms with Gasteiger partial charge < -0.3 is 4.74 Å². The molecule has 0 aliphatic rings. The van der Waals surface area contributed by atoms with E-state index in [0.717, 1.165) is 57.7 Å². The molecule has 0 saturated carbocycles. The number of hydrogen-bond acceptors (Lipinski definition) is 4. The zero-order chi connectivity index (χ0) is 18.7. The summed E-state index contributed by atoms with van der Waals surface area (Å²) >= 11 is 1.47. The van der Waals surface area contributed by atoms with Crippen molar-refractivity contribution in [3.8, 4) is 5.75 Å². The highest BCUT2D eigenvalue weighted by molar-refractivity contribution is 7.22. The van der Waals surface area contributed by atoms with Crippen molar-refractivity contribution in [2.45, 2.75) is 40.5 Å². The van der Waals surface area contributed by atoms with Crippen LogP contribution < -0.4 is 10.1 Å². The zero-order valence-electron chi connectivity index (χ0n) is 15.7. The smallest absolute Gasteiger partial charge is 0.257 e. The van der Waals surface area contributed by atoms with Crippen molar-refractivity contribution in [2.75, 3.05) is 11.9 Å². The van der Waals surface area contributed by atoms with Gasteiger partial charge in [-0.15, -0.1) is 0 Å². The Hall–Kier alpha value is -2.40. The second kappa shape index (κ2) is 7.87. The Balaban J connectivity index is 1.79. The van der Waals surface area contributed by atoms with Crippen LogP contribution in [0.4, 0.5) is 5.13 Å². The van der Waals surface area contributed by atoms with Gasteiger partial charge in [0.2, 0.25) is 0 Å². The number of unbranched alkanes of at least 4 members (excludes halogenated alkanes) is 1. The third kappa shape index (κ3) is 4.05. The summed E-state index contributed by atoms with van der Waals surface area (Å²) in [5.41, 5.74) is 4.71. The van der Waals surface area contributed by atoms with Crippen molar-refractivity contribution in [3.63, 3.8) is 0 Å². The molecule has 0 saturated heterocycles. The highest BCUT2D eigenvalue weighted by atomic mass is 32.1. The van der Waals surface area contributed by atoms with Gasteiger partial charge in [0.05, 0.1) is 16.8 Å². The van der Waals surface area contributed by atoms with Crippen molar-refractivity contribution in [1.29, 1.82) is 0 Å². The van der Waals surface area contributed by atoms with E-state index < -0.39 is 0 Å². The molecule has 0 radical (unpaired) electrons. The van der Waals surface area contributed by atoms with Crippen molar-refractivity contribution >= 4 is 32.6 Å². The Morgan fingerprint density at radius 3 is 2.58 bits per heavy atom. The third-order valence-electron chi connectivity index (χ3n) is 4.25. The summed E-state index contributed by atoms with van der Waals surface area (Å²) in [6, 6.07) is 9.91. The van der Waals surface area contributed by atoms with Gasteiger partial charge in [0.1, 0.15) is 5.75 Å². The quantitative estimate of drug-likeness (QED) is 0.572. The molecule has 4 nitrogen and oxygen atoms in total. The molecular weight excluding hydrogens is 344 g/mol. The maximum atomic E-state index is 12.7. The van der Waals surface area contributed by atoms with E-state index in [2.05, 4.69) is 17.2 Å². The molecule has 0 aliphatic carbocycles. The molecule has 3 aromatic rings. The predicted molar refractivity (Wildman–Crippen MR) is 109 cm³/mol. The van der Waals surface area contributed by atoms with Crippen molar-refractivity contribution in [3.05, 3.63) is 52.6 Å². The van der Waals surface area contributed by atoms with E-state index in [4.69, 9.17) is 4.74 Å². The summed E-state index contributed by atoms with van der Waals surface area (Å²) in [4.78, 5) is 17.2. The minimum absolute atomic E-state index is 0.113. The Kier molecular flexibility index (Phi) is 5.57. The van der Waals surface area contributed by atoms with Crippen LogP contribution in [0.5, 0.6) is 5.75 Å². The normalized spacial score (nSPS) is 10.9. The molecule has 0 bridgehead atoms. The largest absolute Gasteiger partial charge is 0.494 e. The van der Waals surface area contributed by atoms with Crippen LogP contribution in [0.3, 0.4) is 0 Å². The average molecular weight is 369 g/mol. The number of benzene rings is 2. The molecule has 1 heterocycles. The van der Waals surface area contributed by atoms with Crippen LogP contribution in [0, 0.1) is 20.8 Å². The van der Waals surface area contributed by atoms with Gasteiger partial charge in [-0.25, -0.2) is 4.98 Å². The summed E-state index contributed by atoms with van der Waals surface area (Å²) in [5.74, 6) is 0.733. The molecule has 0 aliphatic heterocycles. The SMILES string of the molecule is CCCCOc1ccc2nc(NC(=O)c3c(C)cc(C)cc3C)sc2c1. The van der Waals surface area contributed by atoms with E-state index in [9.17, 15) is 4.79 Å². The van der Waals surface area contributed by atoms with Crippen molar-refractivity contribution < 1.29 is 9.53 Å². The lowest BCUT2D eigenvalue weighted by Gasteiger charge is -2.10. The van der Waals surface area contributed by atoms with E-state index in [-0.39, 0.29) is 5.91 Å². The lowest BCUT2D eigenvalue weighted by atomic mass is 9.99. The van der Waals surface area contributed by atoms with Gasteiger partial charge in [0.25, 0.3) is 5.91 Å². The maximum absolute atomic E-state index is 12.7. The van der Waals surface area contributed by atoms with Crippen molar-refractivity contribution in [2.24, 2.45) is 0 Å². The molecule has 2 aromatic carbocycles. The predicted octanol–water partition coefficient (Wildman–Crippen LogP) is 5.65. The average Bonchev–Trinajstić information content (AvgIpc) is 2.95. The molecule has 1 aromatic heterocycles. The molecule has 136 valence electrons. The number of nitrogens with zero attached hydrogens (tertiary/aromatic N) is 1. The van der Waals surface area contributed by atoms with Gasteiger partial charge in [0, 0.05) is 5.56 Å². The number of aryl methyl sites for hydroxylation is 3. The standard InChI is InChI=1S/C21H24N2O2S/c1-5-6-9-25-16-7-8-17-18(12-16)26-21(22-17)23-20(24)19-14(3)10-13(2)11-15(19)4/h7-8,10-12H,5-6,9H2,1-4H3,(H,22,23,24). The zero-order valence-corrected chi connectivity index (χ0v) is 16.5. The Morgan fingerprint density at radius 1 is 1.15 bits per heavy atom. The van der Waals surface area contributed by atoms with Crippen LogP contribution in [-0.2, 0) is 0 Å². The van der Waals surface area contributed by atoms with Crippen LogP contribution in [0.2, 0.25) is 0 Å². The molecule has 0 fully saturated rings. The summed E-state index contributed by atoms with van der Waals surface area (Å²) in [5, 5.41) is 3.55. The second-order valence-corrected chi connectivity index (χ2v) is 7.61. The first-order valence-corrected chi connectivity index (χ1v) is 9.72. The molecule has 1 N–H and O–H groups in total. The molecule has 0 spiro atoms. The number of ether oxygens (including phenoxy) is 1.